The third-order valence-corrected chi connectivity index (χ3v) is 2.78. The second-order valence-corrected chi connectivity index (χ2v) is 3.84. The first-order valence-corrected chi connectivity index (χ1v) is 5.62. The molecule has 0 unspecified atom stereocenters. The molecule has 0 aliphatic heterocycles. The van der Waals surface area contributed by atoms with Gasteiger partial charge in [0.15, 0.2) is 0 Å². The van der Waals surface area contributed by atoms with Gasteiger partial charge in [-0.1, -0.05) is 13.8 Å². The van der Waals surface area contributed by atoms with Gasteiger partial charge in [-0.05, 0) is 43.5 Å². The number of nitrogens with one attached hydrogen (secondary N) is 1. The van der Waals surface area contributed by atoms with Gasteiger partial charge in [-0.3, -0.25) is 0 Å². The minimum Gasteiger partial charge on any atom is -0.497 e. The van der Waals surface area contributed by atoms with Gasteiger partial charge in [0.1, 0.15) is 5.75 Å². The zero-order valence-electron chi connectivity index (χ0n) is 10.1. The number of aryl methyl sites for hydroxylation is 1. The highest BCUT2D eigenvalue weighted by Gasteiger charge is 2.05. The molecule has 2 nitrogen and oxygen atoms in total. The van der Waals surface area contributed by atoms with Gasteiger partial charge in [-0.25, -0.2) is 0 Å². The van der Waals surface area contributed by atoms with Gasteiger partial charge >= 0.3 is 0 Å². The van der Waals surface area contributed by atoms with Crippen LogP contribution in [0.1, 0.15) is 32.3 Å². The Balaban J connectivity index is 2.77. The van der Waals surface area contributed by atoms with Crippen LogP contribution in [0, 0.1) is 6.92 Å². The highest BCUT2D eigenvalue weighted by Crippen LogP contribution is 2.22. The average Bonchev–Trinajstić information content (AvgIpc) is 2.27. The van der Waals surface area contributed by atoms with E-state index in [-0.39, 0.29) is 0 Å². The fraction of sp³-hybridized carbons (Fsp3) is 0.538. The SMILES string of the molecule is CCC(CC)Nc1ccc(OC)cc1C. The first kappa shape index (κ1) is 11.9. The number of rotatable bonds is 5. The molecule has 0 aromatic heterocycles. The van der Waals surface area contributed by atoms with Crippen LogP contribution >= 0.6 is 0 Å². The second kappa shape index (κ2) is 5.64. The second-order valence-electron chi connectivity index (χ2n) is 3.84. The van der Waals surface area contributed by atoms with Crippen LogP contribution < -0.4 is 10.1 Å². The normalized spacial score (nSPS) is 10.5. The highest BCUT2D eigenvalue weighted by atomic mass is 16.5. The predicted molar refractivity (Wildman–Crippen MR) is 65.7 cm³/mol. The molecule has 2 heteroatoms. The molecule has 1 aromatic rings. The molecule has 1 rings (SSSR count). The molecule has 84 valence electrons. The van der Waals surface area contributed by atoms with E-state index in [2.05, 4.69) is 38.2 Å². The first-order valence-electron chi connectivity index (χ1n) is 5.62. The number of hydrogen-bond donors (Lipinski definition) is 1. The zero-order chi connectivity index (χ0) is 11.3. The van der Waals surface area contributed by atoms with Crippen LogP contribution in [0.4, 0.5) is 5.69 Å². The molecule has 0 saturated heterocycles. The van der Waals surface area contributed by atoms with Crippen molar-refractivity contribution < 1.29 is 4.74 Å². The fourth-order valence-electron chi connectivity index (χ4n) is 1.64. The maximum atomic E-state index is 5.18. The van der Waals surface area contributed by atoms with E-state index in [9.17, 15) is 0 Å². The van der Waals surface area contributed by atoms with E-state index in [0.717, 1.165) is 18.6 Å². The van der Waals surface area contributed by atoms with Gasteiger partial charge in [-0.15, -0.1) is 0 Å². The van der Waals surface area contributed by atoms with Crippen LogP contribution in [-0.2, 0) is 0 Å². The van der Waals surface area contributed by atoms with Gasteiger partial charge in [-0.2, -0.15) is 0 Å². The Morgan fingerprint density at radius 2 is 1.93 bits per heavy atom. The summed E-state index contributed by atoms with van der Waals surface area (Å²) in [6.45, 7) is 6.52. The third-order valence-electron chi connectivity index (χ3n) is 2.78. The average molecular weight is 207 g/mol. The number of ether oxygens (including phenoxy) is 1. The van der Waals surface area contributed by atoms with Crippen molar-refractivity contribution in [3.8, 4) is 5.75 Å². The van der Waals surface area contributed by atoms with Crippen LogP contribution in [0.3, 0.4) is 0 Å². The molecule has 15 heavy (non-hydrogen) atoms. The maximum Gasteiger partial charge on any atom is 0.119 e. The summed E-state index contributed by atoms with van der Waals surface area (Å²) >= 11 is 0. The Labute approximate surface area is 92.6 Å². The molecular formula is C13H21NO. The van der Waals surface area contributed by atoms with E-state index in [1.165, 1.54) is 11.3 Å². The van der Waals surface area contributed by atoms with E-state index < -0.39 is 0 Å². The van der Waals surface area contributed by atoms with Crippen molar-refractivity contribution >= 4 is 5.69 Å². The lowest BCUT2D eigenvalue weighted by Gasteiger charge is -2.18. The van der Waals surface area contributed by atoms with Crippen molar-refractivity contribution in [3.63, 3.8) is 0 Å². The Morgan fingerprint density at radius 1 is 1.27 bits per heavy atom. The number of hydrogen-bond acceptors (Lipinski definition) is 2. The van der Waals surface area contributed by atoms with Crippen molar-refractivity contribution in [2.45, 2.75) is 39.7 Å². The monoisotopic (exact) mass is 207 g/mol. The summed E-state index contributed by atoms with van der Waals surface area (Å²) in [4.78, 5) is 0. The van der Waals surface area contributed by atoms with Crippen molar-refractivity contribution in [1.29, 1.82) is 0 Å². The molecule has 0 fully saturated rings. The summed E-state index contributed by atoms with van der Waals surface area (Å²) in [5.41, 5.74) is 2.45. The topological polar surface area (TPSA) is 21.3 Å². The van der Waals surface area contributed by atoms with Crippen molar-refractivity contribution in [3.05, 3.63) is 23.8 Å². The fourth-order valence-corrected chi connectivity index (χ4v) is 1.64. The number of benzene rings is 1. The molecule has 0 saturated carbocycles. The number of methoxy groups -OCH3 is 1. The van der Waals surface area contributed by atoms with Crippen LogP contribution in [0.25, 0.3) is 0 Å². The molecule has 0 atom stereocenters. The van der Waals surface area contributed by atoms with E-state index in [4.69, 9.17) is 4.74 Å². The largest absolute Gasteiger partial charge is 0.497 e. The minimum atomic E-state index is 0.567. The molecule has 0 radical (unpaired) electrons. The highest BCUT2D eigenvalue weighted by molar-refractivity contribution is 5.54. The van der Waals surface area contributed by atoms with E-state index in [1.54, 1.807) is 7.11 Å². The van der Waals surface area contributed by atoms with Crippen molar-refractivity contribution in [2.75, 3.05) is 12.4 Å². The van der Waals surface area contributed by atoms with Gasteiger partial charge in [0, 0.05) is 11.7 Å². The zero-order valence-corrected chi connectivity index (χ0v) is 10.1. The summed E-state index contributed by atoms with van der Waals surface area (Å²) in [6.07, 6.45) is 2.31. The Kier molecular flexibility index (Phi) is 4.47. The summed E-state index contributed by atoms with van der Waals surface area (Å²) in [5.74, 6) is 0.919. The summed E-state index contributed by atoms with van der Waals surface area (Å²) in [7, 11) is 1.70. The van der Waals surface area contributed by atoms with Crippen molar-refractivity contribution in [1.82, 2.24) is 0 Å². The number of anilines is 1. The molecule has 0 bridgehead atoms. The summed E-state index contributed by atoms with van der Waals surface area (Å²) in [5, 5.41) is 3.54. The predicted octanol–water partition coefficient (Wildman–Crippen LogP) is 3.60. The van der Waals surface area contributed by atoms with Crippen LogP contribution in [0.15, 0.2) is 18.2 Å². The molecule has 1 N–H and O–H groups in total. The molecule has 1 aromatic carbocycles. The lowest BCUT2D eigenvalue weighted by Crippen LogP contribution is -2.17. The smallest absolute Gasteiger partial charge is 0.119 e. The summed E-state index contributed by atoms with van der Waals surface area (Å²) in [6, 6.07) is 6.71. The Bertz CT molecular complexity index is 305. The van der Waals surface area contributed by atoms with Gasteiger partial charge in [0.05, 0.1) is 7.11 Å². The van der Waals surface area contributed by atoms with Crippen LogP contribution in [0.5, 0.6) is 5.75 Å². The molecule has 0 amide bonds. The molecule has 0 aliphatic rings. The molecule has 0 heterocycles. The van der Waals surface area contributed by atoms with Crippen LogP contribution in [0.2, 0.25) is 0 Å². The first-order chi connectivity index (χ1) is 7.21. The van der Waals surface area contributed by atoms with E-state index in [1.807, 2.05) is 6.07 Å². The lowest BCUT2D eigenvalue weighted by atomic mass is 10.1. The molecule has 0 spiro atoms. The van der Waals surface area contributed by atoms with Gasteiger partial charge in [0.25, 0.3) is 0 Å². The summed E-state index contributed by atoms with van der Waals surface area (Å²) < 4.78 is 5.18. The Hall–Kier alpha value is -1.18. The van der Waals surface area contributed by atoms with E-state index >= 15 is 0 Å². The molecule has 0 aliphatic carbocycles. The van der Waals surface area contributed by atoms with E-state index in [0.29, 0.717) is 6.04 Å². The third kappa shape index (κ3) is 3.15. The quantitative estimate of drug-likeness (QED) is 0.796. The van der Waals surface area contributed by atoms with Gasteiger partial charge in [0.2, 0.25) is 0 Å². The Morgan fingerprint density at radius 3 is 2.40 bits per heavy atom. The van der Waals surface area contributed by atoms with Crippen molar-refractivity contribution in [2.24, 2.45) is 0 Å². The van der Waals surface area contributed by atoms with Gasteiger partial charge < -0.3 is 10.1 Å². The molecular weight excluding hydrogens is 186 g/mol. The minimum absolute atomic E-state index is 0.567. The van der Waals surface area contributed by atoms with Crippen LogP contribution in [-0.4, -0.2) is 13.2 Å². The maximum absolute atomic E-state index is 5.18. The standard InChI is InChI=1S/C13H21NO/c1-5-11(6-2)14-13-8-7-12(15-4)9-10(13)3/h7-9,11,14H,5-6H2,1-4H3. The lowest BCUT2D eigenvalue weighted by molar-refractivity contribution is 0.414.